The molecule has 0 atom stereocenters. The average molecular weight is 196 g/mol. The van der Waals surface area contributed by atoms with Crippen LogP contribution in [0.2, 0.25) is 0 Å². The molecular weight excluding hydrogens is 172 g/mol. The highest BCUT2D eigenvalue weighted by atomic mass is 14.9. The second-order valence-corrected chi connectivity index (χ2v) is 6.11. The molecule has 1 saturated carbocycles. The van der Waals surface area contributed by atoms with Gasteiger partial charge in [-0.1, -0.05) is 13.8 Å². The molecule has 0 bridgehead atoms. The average Bonchev–Trinajstić information content (AvgIpc) is 2.15. The van der Waals surface area contributed by atoms with Crippen LogP contribution in [0.25, 0.3) is 0 Å². The van der Waals surface area contributed by atoms with Gasteiger partial charge in [0.15, 0.2) is 0 Å². The summed E-state index contributed by atoms with van der Waals surface area (Å²) in [4.78, 5) is 0. The Bertz CT molecular complexity index is 196. The van der Waals surface area contributed by atoms with E-state index < -0.39 is 0 Å². The van der Waals surface area contributed by atoms with Crippen molar-refractivity contribution in [3.05, 3.63) is 0 Å². The van der Waals surface area contributed by atoms with Crippen LogP contribution in [0.15, 0.2) is 0 Å². The van der Waals surface area contributed by atoms with Gasteiger partial charge in [0.25, 0.3) is 0 Å². The molecule has 0 aromatic rings. The predicted molar refractivity (Wildman–Crippen MR) is 60.1 cm³/mol. The van der Waals surface area contributed by atoms with E-state index in [4.69, 9.17) is 5.73 Å². The van der Waals surface area contributed by atoms with E-state index in [0.717, 1.165) is 12.5 Å². The number of nitrogens with two attached hydrogens (primary N) is 1. The maximum atomic E-state index is 6.00. The minimum absolute atomic E-state index is 0.506. The minimum atomic E-state index is 0.506. The second-order valence-electron chi connectivity index (χ2n) is 6.11. The molecule has 1 heterocycles. The van der Waals surface area contributed by atoms with Crippen LogP contribution in [0.4, 0.5) is 0 Å². The zero-order valence-electron chi connectivity index (χ0n) is 9.60. The van der Waals surface area contributed by atoms with Crippen molar-refractivity contribution in [1.29, 1.82) is 0 Å². The van der Waals surface area contributed by atoms with Gasteiger partial charge in [0.1, 0.15) is 0 Å². The van der Waals surface area contributed by atoms with Crippen molar-refractivity contribution in [2.45, 2.75) is 39.5 Å². The molecule has 1 saturated heterocycles. The Morgan fingerprint density at radius 2 is 1.79 bits per heavy atom. The van der Waals surface area contributed by atoms with E-state index in [1.165, 1.54) is 38.8 Å². The van der Waals surface area contributed by atoms with Crippen molar-refractivity contribution >= 4 is 0 Å². The summed E-state index contributed by atoms with van der Waals surface area (Å²) in [6, 6.07) is 0. The number of rotatable bonds is 2. The smallest absolute Gasteiger partial charge is 0.00175 e. The molecule has 0 unspecified atom stereocenters. The molecular formula is C12H24N2. The normalized spacial score (nSPS) is 31.1. The number of hydrogen-bond acceptors (Lipinski definition) is 2. The Hall–Kier alpha value is -0.0800. The van der Waals surface area contributed by atoms with Crippen LogP contribution >= 0.6 is 0 Å². The first-order chi connectivity index (χ1) is 6.58. The molecule has 0 aromatic heterocycles. The summed E-state index contributed by atoms with van der Waals surface area (Å²) in [5, 5.41) is 3.44. The van der Waals surface area contributed by atoms with Crippen LogP contribution in [-0.2, 0) is 0 Å². The summed E-state index contributed by atoms with van der Waals surface area (Å²) in [5.41, 5.74) is 7.07. The van der Waals surface area contributed by atoms with E-state index in [2.05, 4.69) is 19.2 Å². The van der Waals surface area contributed by atoms with Crippen molar-refractivity contribution < 1.29 is 0 Å². The molecule has 3 N–H and O–H groups in total. The maximum absolute atomic E-state index is 6.00. The lowest BCUT2D eigenvalue weighted by molar-refractivity contribution is -0.0638. The van der Waals surface area contributed by atoms with Gasteiger partial charge in [0, 0.05) is 0 Å². The topological polar surface area (TPSA) is 38.0 Å². The molecule has 2 nitrogen and oxygen atoms in total. The van der Waals surface area contributed by atoms with Crippen LogP contribution < -0.4 is 11.1 Å². The van der Waals surface area contributed by atoms with Gasteiger partial charge in [0.05, 0.1) is 0 Å². The third kappa shape index (κ3) is 1.70. The molecule has 0 amide bonds. The largest absolute Gasteiger partial charge is 0.330 e. The molecule has 0 aromatic carbocycles. The fraction of sp³-hybridized carbons (Fsp3) is 1.00. The fourth-order valence-electron chi connectivity index (χ4n) is 3.89. The van der Waals surface area contributed by atoms with E-state index in [9.17, 15) is 0 Å². The van der Waals surface area contributed by atoms with Gasteiger partial charge in [-0.15, -0.1) is 0 Å². The molecule has 2 aliphatic rings. The first kappa shape index (κ1) is 10.4. The Labute approximate surface area is 87.6 Å². The van der Waals surface area contributed by atoms with Gasteiger partial charge in [-0.25, -0.2) is 0 Å². The van der Waals surface area contributed by atoms with Crippen molar-refractivity contribution in [2.75, 3.05) is 19.6 Å². The Kier molecular flexibility index (Phi) is 2.61. The van der Waals surface area contributed by atoms with Gasteiger partial charge < -0.3 is 11.1 Å². The van der Waals surface area contributed by atoms with E-state index >= 15 is 0 Å². The summed E-state index contributed by atoms with van der Waals surface area (Å²) in [6.45, 7) is 8.06. The zero-order chi connectivity index (χ0) is 10.2. The third-order valence-corrected chi connectivity index (χ3v) is 4.27. The number of nitrogens with one attached hydrogen (secondary N) is 1. The van der Waals surface area contributed by atoms with Gasteiger partial charge in [0.2, 0.25) is 0 Å². The molecule has 82 valence electrons. The van der Waals surface area contributed by atoms with Crippen LogP contribution in [0, 0.1) is 16.7 Å². The van der Waals surface area contributed by atoms with Crippen LogP contribution in [-0.4, -0.2) is 19.6 Å². The fourth-order valence-corrected chi connectivity index (χ4v) is 3.89. The van der Waals surface area contributed by atoms with Crippen molar-refractivity contribution in [3.63, 3.8) is 0 Å². The molecule has 14 heavy (non-hydrogen) atoms. The van der Waals surface area contributed by atoms with Crippen molar-refractivity contribution in [3.8, 4) is 0 Å². The summed E-state index contributed by atoms with van der Waals surface area (Å²) in [5.74, 6) is 0.891. The SMILES string of the molecule is CC1(C)CC(CN)(C2CCNCC2)C1. The van der Waals surface area contributed by atoms with Crippen LogP contribution in [0.5, 0.6) is 0 Å². The lowest BCUT2D eigenvalue weighted by Gasteiger charge is -2.58. The van der Waals surface area contributed by atoms with E-state index in [0.29, 0.717) is 10.8 Å². The number of piperidine rings is 1. The first-order valence-corrected chi connectivity index (χ1v) is 5.99. The Morgan fingerprint density at radius 3 is 2.21 bits per heavy atom. The zero-order valence-corrected chi connectivity index (χ0v) is 9.60. The number of hydrogen-bond donors (Lipinski definition) is 2. The molecule has 2 rings (SSSR count). The quantitative estimate of drug-likeness (QED) is 0.706. The van der Waals surface area contributed by atoms with Crippen molar-refractivity contribution in [2.24, 2.45) is 22.5 Å². The predicted octanol–water partition coefficient (Wildman–Crippen LogP) is 1.75. The van der Waals surface area contributed by atoms with E-state index in [-0.39, 0.29) is 0 Å². The summed E-state index contributed by atoms with van der Waals surface area (Å²) < 4.78 is 0. The van der Waals surface area contributed by atoms with Gasteiger partial charge in [-0.05, 0) is 62.1 Å². The maximum Gasteiger partial charge on any atom is -0.00175 e. The van der Waals surface area contributed by atoms with Crippen LogP contribution in [0.3, 0.4) is 0 Å². The van der Waals surface area contributed by atoms with Gasteiger partial charge in [-0.2, -0.15) is 0 Å². The first-order valence-electron chi connectivity index (χ1n) is 5.99. The third-order valence-electron chi connectivity index (χ3n) is 4.27. The van der Waals surface area contributed by atoms with Crippen molar-refractivity contribution in [1.82, 2.24) is 5.32 Å². The molecule has 0 radical (unpaired) electrons. The monoisotopic (exact) mass is 196 g/mol. The molecule has 0 spiro atoms. The standard InChI is InChI=1S/C12H24N2/c1-11(2)7-12(8-11,9-13)10-3-5-14-6-4-10/h10,14H,3-9,13H2,1-2H3. The summed E-state index contributed by atoms with van der Waals surface area (Å²) >= 11 is 0. The second kappa shape index (κ2) is 3.49. The lowest BCUT2D eigenvalue weighted by atomic mass is 9.48. The highest BCUT2D eigenvalue weighted by Gasteiger charge is 2.52. The lowest BCUT2D eigenvalue weighted by Crippen LogP contribution is -2.54. The van der Waals surface area contributed by atoms with Crippen LogP contribution in [0.1, 0.15) is 39.5 Å². The molecule has 1 aliphatic heterocycles. The summed E-state index contributed by atoms with van der Waals surface area (Å²) in [6.07, 6.45) is 5.38. The molecule has 1 aliphatic carbocycles. The highest BCUT2D eigenvalue weighted by molar-refractivity contribution is 5.03. The Balaban J connectivity index is 1.99. The molecule has 2 heteroatoms. The van der Waals surface area contributed by atoms with E-state index in [1.807, 2.05) is 0 Å². The summed E-state index contributed by atoms with van der Waals surface area (Å²) in [7, 11) is 0. The Morgan fingerprint density at radius 1 is 1.21 bits per heavy atom. The van der Waals surface area contributed by atoms with E-state index in [1.54, 1.807) is 0 Å². The van der Waals surface area contributed by atoms with Gasteiger partial charge >= 0.3 is 0 Å². The van der Waals surface area contributed by atoms with Gasteiger partial charge in [-0.3, -0.25) is 0 Å². The minimum Gasteiger partial charge on any atom is -0.330 e. The highest BCUT2D eigenvalue weighted by Crippen LogP contribution is 2.59. The molecule has 2 fully saturated rings.